The summed E-state index contributed by atoms with van der Waals surface area (Å²) in [6, 6.07) is 59.8. The molecule has 0 spiro atoms. The zero-order valence-corrected chi connectivity index (χ0v) is 51.1. The first-order valence-electron chi connectivity index (χ1n) is 23.3. The van der Waals surface area contributed by atoms with E-state index in [1.165, 1.54) is 134 Å². The minimum absolute atomic E-state index is 0. The molecule has 0 fully saturated rings. The second-order valence-corrected chi connectivity index (χ2v) is 42.5. The van der Waals surface area contributed by atoms with Crippen LogP contribution in [-0.4, -0.2) is 11.0 Å². The Morgan fingerprint density at radius 3 is 0.671 bits per heavy atom. The maximum Gasteiger partial charge on any atom is -0.0193 e. The molecule has 8 aromatic rings. The van der Waals surface area contributed by atoms with Gasteiger partial charge in [0.1, 0.15) is 0 Å². The third-order valence-electron chi connectivity index (χ3n) is 11.2. The summed E-state index contributed by atoms with van der Waals surface area (Å²) in [6.45, 7) is 9.32. The van der Waals surface area contributed by atoms with Crippen molar-refractivity contribution in [2.24, 2.45) is 0 Å². The number of hydrogen-bond acceptors (Lipinski definition) is 0. The Bertz CT molecular complexity index is 2870. The van der Waals surface area contributed by atoms with E-state index in [1.807, 2.05) is 0 Å². The molecule has 0 N–H and O–H groups in total. The third-order valence-corrected chi connectivity index (χ3v) is 11.2. The van der Waals surface area contributed by atoms with Gasteiger partial charge in [-0.2, -0.15) is 46.6 Å². The normalized spacial score (nSPS) is 13.3. The summed E-state index contributed by atoms with van der Waals surface area (Å²) in [6.07, 6.45) is 33.9. The summed E-state index contributed by atoms with van der Waals surface area (Å²) < 4.78 is 0. The van der Waals surface area contributed by atoms with Crippen LogP contribution in [0.15, 0.2) is 218 Å². The standard InChI is InChI=1S/4C15H11.2C2H6Si.2ClH.2Hf/c4*1-2-7-12(6-1)15-11-5-9-13-8-3-4-10-14(13)15;2*1-3-2;;;;/h4*3-11H,1H2;2*1-2H3;2*1H;;/q4*-1;;;;;2*+2/p-2. The summed E-state index contributed by atoms with van der Waals surface area (Å²) in [7, 11) is 0. The maximum atomic E-state index is 3.22. The van der Waals surface area contributed by atoms with E-state index in [2.05, 4.69) is 269 Å². The van der Waals surface area contributed by atoms with Crippen molar-refractivity contribution in [2.75, 3.05) is 0 Å². The SMILES string of the molecule is C[Si](C)=[Hf+2].C[Si](C)=[Hf+2].[C-]1=CC(c2cccc3ccccc23)=CC1.[C-]1=CC(c2cccc3ccccc23)=CC1.[C-]1=CC(c2cccc3ccccc23)=CC1.[C-]1=CC(c2cccc3ccccc23)=CC1.[Cl-].[Cl-]. The van der Waals surface area contributed by atoms with Crippen LogP contribution in [0.2, 0.25) is 26.2 Å². The number of fused-ring (bicyclic) bond motifs is 4. The van der Waals surface area contributed by atoms with Crippen molar-refractivity contribution in [3.8, 4) is 0 Å². The summed E-state index contributed by atoms with van der Waals surface area (Å²) >= 11 is 2.90. The first kappa shape index (κ1) is 56.4. The Morgan fingerprint density at radius 1 is 0.300 bits per heavy atom. The molecule has 70 heavy (non-hydrogen) atoms. The molecule has 0 saturated heterocycles. The largest absolute Gasteiger partial charge is 1.00 e. The van der Waals surface area contributed by atoms with Crippen molar-refractivity contribution in [2.45, 2.75) is 51.9 Å². The summed E-state index contributed by atoms with van der Waals surface area (Å²) in [4.78, 5) is 0. The average Bonchev–Trinajstić information content (AvgIpc) is 4.24. The van der Waals surface area contributed by atoms with Gasteiger partial charge < -0.3 is 24.8 Å². The molecule has 4 aliphatic rings. The van der Waals surface area contributed by atoms with Gasteiger partial charge in [-0.15, -0.1) is 25.7 Å². The van der Waals surface area contributed by atoms with Gasteiger partial charge in [-0.3, -0.25) is 24.3 Å². The van der Waals surface area contributed by atoms with Crippen LogP contribution in [0.3, 0.4) is 0 Å². The Hall–Kier alpha value is -4.53. The number of hydrogen-bond donors (Lipinski definition) is 0. The second-order valence-electron chi connectivity index (χ2n) is 17.0. The van der Waals surface area contributed by atoms with Gasteiger partial charge in [-0.25, -0.2) is 24.3 Å². The van der Waals surface area contributed by atoms with Crippen LogP contribution in [0.4, 0.5) is 0 Å². The van der Waals surface area contributed by atoms with E-state index in [-0.39, 0.29) is 35.8 Å². The topological polar surface area (TPSA) is 0 Å². The molecule has 0 amide bonds. The van der Waals surface area contributed by atoms with Crippen LogP contribution in [0.1, 0.15) is 47.9 Å². The van der Waals surface area contributed by atoms with Crippen molar-refractivity contribution in [1.29, 1.82) is 0 Å². The molecule has 0 heterocycles. The number of halogens is 2. The number of benzene rings is 8. The fourth-order valence-electron chi connectivity index (χ4n) is 8.25. The molecule has 12 rings (SSSR count). The van der Waals surface area contributed by atoms with Crippen LogP contribution in [-0.2, 0) is 46.0 Å². The molecule has 0 nitrogen and oxygen atoms in total. The minimum atomic E-state index is 0. The second kappa shape index (κ2) is 29.7. The molecular weight excluding hydrogens is 1250 g/mol. The molecular formula is C64H56Cl2Hf2Si2-2. The van der Waals surface area contributed by atoms with Crippen LogP contribution in [0.5, 0.6) is 0 Å². The first-order chi connectivity index (χ1) is 33.3. The first-order valence-corrected chi connectivity index (χ1v) is 39.1. The number of allylic oxidation sites excluding steroid dienone is 16. The maximum absolute atomic E-state index is 3.22. The van der Waals surface area contributed by atoms with Crippen molar-refractivity contribution >= 4 is 76.4 Å². The van der Waals surface area contributed by atoms with Gasteiger partial charge in [0.2, 0.25) is 0 Å². The van der Waals surface area contributed by atoms with Crippen LogP contribution in [0.25, 0.3) is 65.4 Å². The van der Waals surface area contributed by atoms with E-state index in [4.69, 9.17) is 0 Å². The van der Waals surface area contributed by atoms with Gasteiger partial charge in [0.25, 0.3) is 0 Å². The molecule has 6 heteroatoms. The van der Waals surface area contributed by atoms with Crippen molar-refractivity contribution in [3.05, 3.63) is 265 Å². The van der Waals surface area contributed by atoms with Gasteiger partial charge in [-0.05, 0) is 43.1 Å². The fourth-order valence-corrected chi connectivity index (χ4v) is 8.25. The molecule has 0 aliphatic heterocycles. The molecule has 0 atom stereocenters. The van der Waals surface area contributed by atoms with Gasteiger partial charge >= 0.3 is 83.2 Å². The van der Waals surface area contributed by atoms with Gasteiger partial charge in [0.05, 0.1) is 0 Å². The molecule has 4 aliphatic carbocycles. The Labute approximate surface area is 459 Å². The monoisotopic (exact) mass is 1310 g/mol. The molecule has 0 unspecified atom stereocenters. The molecule has 0 saturated carbocycles. The van der Waals surface area contributed by atoms with Crippen LogP contribution < -0.4 is 24.8 Å². The average molecular weight is 1310 g/mol. The third kappa shape index (κ3) is 16.2. The quantitative estimate of drug-likeness (QED) is 0.122. The molecule has 344 valence electrons. The van der Waals surface area contributed by atoms with E-state index in [1.54, 1.807) is 0 Å². The zero-order valence-electron chi connectivity index (χ0n) is 40.4. The van der Waals surface area contributed by atoms with E-state index < -0.39 is 0 Å². The minimum Gasteiger partial charge on any atom is -1.00 e. The van der Waals surface area contributed by atoms with Gasteiger partial charge in [0, 0.05) is 0 Å². The Kier molecular flexibility index (Phi) is 23.9. The molecule has 0 radical (unpaired) electrons. The zero-order chi connectivity index (χ0) is 47.5. The summed E-state index contributed by atoms with van der Waals surface area (Å²) in [5.41, 5.74) is 11.0. The van der Waals surface area contributed by atoms with E-state index in [0.29, 0.717) is 0 Å². The van der Waals surface area contributed by atoms with Gasteiger partial charge in [-0.1, -0.05) is 192 Å². The van der Waals surface area contributed by atoms with Gasteiger partial charge in [0.15, 0.2) is 0 Å². The van der Waals surface area contributed by atoms with E-state index in [0.717, 1.165) is 25.7 Å². The van der Waals surface area contributed by atoms with E-state index in [9.17, 15) is 0 Å². The predicted octanol–water partition coefficient (Wildman–Crippen LogP) is 11.5. The molecule has 8 aromatic carbocycles. The van der Waals surface area contributed by atoms with Crippen LogP contribution in [0, 0.1) is 24.3 Å². The van der Waals surface area contributed by atoms with E-state index >= 15 is 0 Å². The Morgan fingerprint density at radius 2 is 0.486 bits per heavy atom. The van der Waals surface area contributed by atoms with Crippen molar-refractivity contribution in [1.82, 2.24) is 0 Å². The summed E-state index contributed by atoms with van der Waals surface area (Å²) in [5, 5.41) is 10.5. The van der Waals surface area contributed by atoms with Crippen molar-refractivity contribution < 1.29 is 70.8 Å². The molecule has 0 bridgehead atoms. The Balaban J connectivity index is 0.000000164. The fraction of sp³-hybridized carbons (Fsp3) is 0.125. The number of rotatable bonds is 4. The van der Waals surface area contributed by atoms with Crippen molar-refractivity contribution in [3.63, 3.8) is 0 Å². The predicted molar refractivity (Wildman–Crippen MR) is 292 cm³/mol. The smallest absolute Gasteiger partial charge is 0.0193 e. The van der Waals surface area contributed by atoms with Crippen LogP contribution >= 0.6 is 0 Å². The molecule has 0 aromatic heterocycles. The summed E-state index contributed by atoms with van der Waals surface area (Å²) in [5.74, 6) is 0.